The lowest BCUT2D eigenvalue weighted by Gasteiger charge is -2.05. The van der Waals surface area contributed by atoms with Gasteiger partial charge in [-0.05, 0) is 36.8 Å². The first-order valence-corrected chi connectivity index (χ1v) is 8.61. The van der Waals surface area contributed by atoms with Gasteiger partial charge in [-0.3, -0.25) is 0 Å². The Balaban J connectivity index is 2.03. The maximum Gasteiger partial charge on any atom is 0.348 e. The zero-order valence-electron chi connectivity index (χ0n) is 14.3. The topological polar surface area (TPSA) is 55.0 Å². The number of carbonyl (C=O) groups is 1. The van der Waals surface area contributed by atoms with E-state index in [0.29, 0.717) is 11.6 Å². The summed E-state index contributed by atoms with van der Waals surface area (Å²) >= 11 is 5.95. The van der Waals surface area contributed by atoms with Crippen molar-refractivity contribution in [3.8, 4) is 6.07 Å². The van der Waals surface area contributed by atoms with E-state index >= 15 is 0 Å². The number of fused-ring (bicyclic) bond motifs is 1. The molecule has 1 aromatic heterocycles. The van der Waals surface area contributed by atoms with Gasteiger partial charge in [0, 0.05) is 34.2 Å². The minimum absolute atomic E-state index is 0.0127. The van der Waals surface area contributed by atoms with Gasteiger partial charge in [-0.15, -0.1) is 0 Å². The quantitative estimate of drug-likeness (QED) is 0.371. The molecule has 5 heteroatoms. The standard InChI is InChI=1S/C21H17ClN2O2/c1-2-26-21(25)16(12-23)11-17-14-24(20-6-4-3-5-19(17)20)13-15-7-9-18(22)10-8-15/h3-11,14H,2,13H2,1H3/b16-11+. The molecule has 0 bridgehead atoms. The molecule has 0 aliphatic rings. The molecule has 0 aliphatic heterocycles. The summed E-state index contributed by atoms with van der Waals surface area (Å²) in [6.45, 7) is 2.61. The van der Waals surface area contributed by atoms with Crippen molar-refractivity contribution >= 4 is 34.5 Å². The van der Waals surface area contributed by atoms with Crippen molar-refractivity contribution < 1.29 is 9.53 Å². The molecular formula is C21H17ClN2O2. The molecule has 0 unspecified atom stereocenters. The van der Waals surface area contributed by atoms with Crippen LogP contribution >= 0.6 is 11.6 Å². The maximum atomic E-state index is 11.9. The lowest BCUT2D eigenvalue weighted by Crippen LogP contribution is -2.05. The summed E-state index contributed by atoms with van der Waals surface area (Å²) in [5.74, 6) is -0.607. The molecule has 0 saturated carbocycles. The van der Waals surface area contributed by atoms with Gasteiger partial charge in [-0.1, -0.05) is 41.9 Å². The highest BCUT2D eigenvalue weighted by atomic mass is 35.5. The van der Waals surface area contributed by atoms with Crippen molar-refractivity contribution in [3.63, 3.8) is 0 Å². The predicted molar refractivity (Wildman–Crippen MR) is 103 cm³/mol. The van der Waals surface area contributed by atoms with Gasteiger partial charge in [-0.2, -0.15) is 5.26 Å². The van der Waals surface area contributed by atoms with E-state index in [4.69, 9.17) is 16.3 Å². The highest BCUT2D eigenvalue weighted by molar-refractivity contribution is 6.30. The molecule has 0 amide bonds. The van der Waals surface area contributed by atoms with E-state index in [9.17, 15) is 10.1 Å². The fourth-order valence-electron chi connectivity index (χ4n) is 2.81. The highest BCUT2D eigenvalue weighted by Gasteiger charge is 2.13. The normalized spacial score (nSPS) is 11.3. The molecule has 0 fully saturated rings. The summed E-state index contributed by atoms with van der Waals surface area (Å²) in [5.41, 5.74) is 2.92. The summed E-state index contributed by atoms with van der Waals surface area (Å²) in [5, 5.41) is 11.0. The Hall–Kier alpha value is -3.03. The van der Waals surface area contributed by atoms with Gasteiger partial charge in [0.1, 0.15) is 11.6 Å². The molecule has 0 atom stereocenters. The number of rotatable bonds is 5. The lowest BCUT2D eigenvalue weighted by molar-refractivity contribution is -0.137. The average molecular weight is 365 g/mol. The minimum Gasteiger partial charge on any atom is -0.462 e. The van der Waals surface area contributed by atoms with Crippen molar-refractivity contribution in [3.05, 3.63) is 76.5 Å². The third-order valence-electron chi connectivity index (χ3n) is 4.00. The van der Waals surface area contributed by atoms with E-state index in [1.54, 1.807) is 13.0 Å². The van der Waals surface area contributed by atoms with Crippen LogP contribution in [0.5, 0.6) is 0 Å². The van der Waals surface area contributed by atoms with Gasteiger partial charge in [0.25, 0.3) is 0 Å². The number of nitriles is 1. The largest absolute Gasteiger partial charge is 0.462 e. The van der Waals surface area contributed by atoms with Crippen molar-refractivity contribution in [1.82, 2.24) is 4.57 Å². The van der Waals surface area contributed by atoms with Crippen LogP contribution in [0, 0.1) is 11.3 Å². The smallest absolute Gasteiger partial charge is 0.348 e. The van der Waals surface area contributed by atoms with Gasteiger partial charge < -0.3 is 9.30 Å². The molecule has 0 spiro atoms. The third kappa shape index (κ3) is 3.79. The van der Waals surface area contributed by atoms with Gasteiger partial charge in [0.15, 0.2) is 0 Å². The number of nitrogens with zero attached hydrogens (tertiary/aromatic N) is 2. The van der Waals surface area contributed by atoms with Crippen molar-refractivity contribution in [2.45, 2.75) is 13.5 Å². The van der Waals surface area contributed by atoms with Crippen molar-refractivity contribution in [2.75, 3.05) is 6.61 Å². The van der Waals surface area contributed by atoms with Crippen LogP contribution in [0.25, 0.3) is 17.0 Å². The summed E-state index contributed by atoms with van der Waals surface area (Å²) in [6.07, 6.45) is 3.52. The molecule has 2 aromatic carbocycles. The van der Waals surface area contributed by atoms with Crippen LogP contribution in [-0.4, -0.2) is 17.1 Å². The summed E-state index contributed by atoms with van der Waals surface area (Å²) < 4.78 is 7.03. The van der Waals surface area contributed by atoms with Crippen LogP contribution in [0.1, 0.15) is 18.1 Å². The Kier molecular flexibility index (Phi) is 5.40. The van der Waals surface area contributed by atoms with E-state index < -0.39 is 5.97 Å². The molecule has 0 saturated heterocycles. The number of para-hydroxylation sites is 1. The van der Waals surface area contributed by atoms with Gasteiger partial charge in [-0.25, -0.2) is 4.79 Å². The van der Waals surface area contributed by atoms with E-state index in [1.165, 1.54) is 0 Å². The molecule has 0 aliphatic carbocycles. The van der Waals surface area contributed by atoms with E-state index in [-0.39, 0.29) is 12.2 Å². The first-order chi connectivity index (χ1) is 12.6. The Labute approximate surface area is 156 Å². The molecule has 4 nitrogen and oxygen atoms in total. The number of benzene rings is 2. The Bertz CT molecular complexity index is 1010. The second kappa shape index (κ2) is 7.90. The average Bonchev–Trinajstić information content (AvgIpc) is 2.99. The fourth-order valence-corrected chi connectivity index (χ4v) is 2.93. The molecule has 26 heavy (non-hydrogen) atoms. The number of esters is 1. The van der Waals surface area contributed by atoms with Crippen molar-refractivity contribution in [1.29, 1.82) is 5.26 Å². The van der Waals surface area contributed by atoms with Crippen molar-refractivity contribution in [2.24, 2.45) is 0 Å². The van der Waals surface area contributed by atoms with Gasteiger partial charge in [0.2, 0.25) is 0 Å². The number of hydrogen-bond acceptors (Lipinski definition) is 3. The second-order valence-electron chi connectivity index (χ2n) is 5.75. The zero-order chi connectivity index (χ0) is 18.5. The number of ether oxygens (including phenoxy) is 1. The number of carbonyl (C=O) groups excluding carboxylic acids is 1. The van der Waals surface area contributed by atoms with Crippen LogP contribution in [-0.2, 0) is 16.1 Å². The summed E-state index contributed by atoms with van der Waals surface area (Å²) in [7, 11) is 0. The van der Waals surface area contributed by atoms with Gasteiger partial charge in [0.05, 0.1) is 6.61 Å². The highest BCUT2D eigenvalue weighted by Crippen LogP contribution is 2.25. The van der Waals surface area contributed by atoms with Crippen LogP contribution in [0.4, 0.5) is 0 Å². The maximum absolute atomic E-state index is 11.9. The molecule has 3 aromatic rings. The molecule has 130 valence electrons. The summed E-state index contributed by atoms with van der Waals surface area (Å²) in [6, 6.07) is 17.5. The van der Waals surface area contributed by atoms with Crippen LogP contribution in [0.2, 0.25) is 5.02 Å². The first kappa shape index (κ1) is 17.8. The Morgan fingerprint density at radius 2 is 1.96 bits per heavy atom. The number of aromatic nitrogens is 1. The zero-order valence-corrected chi connectivity index (χ0v) is 15.0. The van der Waals surface area contributed by atoms with E-state index in [0.717, 1.165) is 22.0 Å². The molecule has 3 rings (SSSR count). The van der Waals surface area contributed by atoms with Crippen LogP contribution < -0.4 is 0 Å². The van der Waals surface area contributed by atoms with E-state index in [2.05, 4.69) is 4.57 Å². The SMILES string of the molecule is CCOC(=O)/C(C#N)=C/c1cn(Cc2ccc(Cl)cc2)c2ccccc12. The Morgan fingerprint density at radius 3 is 2.65 bits per heavy atom. The lowest BCUT2D eigenvalue weighted by atomic mass is 10.1. The van der Waals surface area contributed by atoms with E-state index in [1.807, 2.05) is 60.8 Å². The number of halogens is 1. The molecular weight excluding hydrogens is 348 g/mol. The molecule has 0 radical (unpaired) electrons. The predicted octanol–water partition coefficient (Wildman–Crippen LogP) is 4.81. The summed E-state index contributed by atoms with van der Waals surface area (Å²) in [4.78, 5) is 11.9. The van der Waals surface area contributed by atoms with Crippen LogP contribution in [0.15, 0.2) is 60.3 Å². The fraction of sp³-hybridized carbons (Fsp3) is 0.143. The van der Waals surface area contributed by atoms with Crippen LogP contribution in [0.3, 0.4) is 0 Å². The monoisotopic (exact) mass is 364 g/mol. The molecule has 1 heterocycles. The third-order valence-corrected chi connectivity index (χ3v) is 4.25. The Morgan fingerprint density at radius 1 is 1.23 bits per heavy atom. The first-order valence-electron chi connectivity index (χ1n) is 8.23. The number of hydrogen-bond donors (Lipinski definition) is 0. The minimum atomic E-state index is -0.607. The second-order valence-corrected chi connectivity index (χ2v) is 6.18. The molecule has 0 N–H and O–H groups in total. The van der Waals surface area contributed by atoms with Gasteiger partial charge >= 0.3 is 5.97 Å².